The number of unbranched alkanes of at least 4 members (excludes halogenated alkanes) is 4. The maximum absolute atomic E-state index is 12.6. The molecule has 3 N–H and O–H groups in total. The fourth-order valence-corrected chi connectivity index (χ4v) is 6.32. The van der Waals surface area contributed by atoms with Gasteiger partial charge in [0.25, 0.3) is 11.1 Å². The van der Waals surface area contributed by atoms with E-state index in [2.05, 4.69) is 55.4 Å². The lowest BCUT2D eigenvalue weighted by Crippen LogP contribution is -2.44. The van der Waals surface area contributed by atoms with E-state index in [0.717, 1.165) is 96.3 Å². The van der Waals surface area contributed by atoms with Crippen LogP contribution in [0.4, 0.5) is 0 Å². The molecule has 2 heterocycles. The Kier molecular flexibility index (Phi) is 20.9. The van der Waals surface area contributed by atoms with Crippen LogP contribution in [0.5, 0.6) is 0 Å². The van der Waals surface area contributed by atoms with E-state index in [-0.39, 0.29) is 58.9 Å². The van der Waals surface area contributed by atoms with Crippen molar-refractivity contribution in [3.63, 3.8) is 0 Å². The van der Waals surface area contributed by atoms with Gasteiger partial charge in [0.05, 0.1) is 36.6 Å². The SMILES string of the molecule is CCCCC[C@H](NC(=O)C1CCCC1)C(=O)CBr.CCCCC[C@H](NC(=O)C1CCCC1)C(=O)Cn1ccc(=O)nc1.O=c1ccnc[nH]1. The van der Waals surface area contributed by atoms with E-state index in [0.29, 0.717) is 11.8 Å². The van der Waals surface area contributed by atoms with Gasteiger partial charge in [0.15, 0.2) is 11.6 Å². The standard InChI is InChI=1S/C18H27N3O3.C14H24BrNO2.C4H4N2O/c1-2-3-4-9-15(20-18(24)14-7-5-6-8-14)16(22)12-21-11-10-17(23)19-13-21;1-2-3-4-9-12(13(17)10-15)16-14(18)11-7-5-6-8-11;7-4-1-2-5-3-6-4/h10-11,13-15H,2-9,12H2,1H3,(H,20,24);11-12H,2-10H2,1H3,(H,16,18);1-3H,(H,5,6,7)/t15-;12-;/m00./s1. The third kappa shape index (κ3) is 17.1. The third-order valence-electron chi connectivity index (χ3n) is 8.86. The van der Waals surface area contributed by atoms with Gasteiger partial charge in [0.2, 0.25) is 11.8 Å². The van der Waals surface area contributed by atoms with Crippen molar-refractivity contribution in [1.29, 1.82) is 0 Å². The number of hydrogen-bond donors (Lipinski definition) is 3. The van der Waals surface area contributed by atoms with Gasteiger partial charge < -0.3 is 20.2 Å². The van der Waals surface area contributed by atoms with E-state index in [1.54, 1.807) is 10.8 Å². The molecule has 2 amide bonds. The van der Waals surface area contributed by atoms with Gasteiger partial charge in [-0.1, -0.05) is 94.0 Å². The molecule has 2 aromatic heterocycles. The van der Waals surface area contributed by atoms with Gasteiger partial charge in [-0.3, -0.25) is 28.8 Å². The number of nitrogens with one attached hydrogen (secondary N) is 3. The normalized spacial score (nSPS) is 15.6. The highest BCUT2D eigenvalue weighted by Gasteiger charge is 2.28. The Balaban J connectivity index is 0.000000291. The van der Waals surface area contributed by atoms with E-state index < -0.39 is 6.04 Å². The maximum atomic E-state index is 12.6. The molecule has 2 fully saturated rings. The average molecular weight is 748 g/mol. The molecule has 0 saturated heterocycles. The second-order valence-corrected chi connectivity index (χ2v) is 13.4. The zero-order valence-corrected chi connectivity index (χ0v) is 30.8. The van der Waals surface area contributed by atoms with E-state index in [1.807, 2.05) is 0 Å². The number of rotatable bonds is 17. The molecule has 0 unspecified atom stereocenters. The number of amides is 2. The third-order valence-corrected chi connectivity index (χ3v) is 9.41. The highest BCUT2D eigenvalue weighted by molar-refractivity contribution is 9.09. The Hall–Kier alpha value is -3.48. The molecule has 272 valence electrons. The molecule has 0 aromatic carbocycles. The Labute approximate surface area is 298 Å². The van der Waals surface area contributed by atoms with Gasteiger partial charge >= 0.3 is 0 Å². The van der Waals surface area contributed by atoms with Gasteiger partial charge in [0.1, 0.15) is 0 Å². The lowest BCUT2D eigenvalue weighted by atomic mass is 10.0. The summed E-state index contributed by atoms with van der Waals surface area (Å²) in [5.74, 6) is 0.353. The van der Waals surface area contributed by atoms with Crippen molar-refractivity contribution in [2.45, 2.75) is 135 Å². The molecule has 0 spiro atoms. The molecule has 12 nitrogen and oxygen atoms in total. The molecule has 49 heavy (non-hydrogen) atoms. The first-order valence-electron chi connectivity index (χ1n) is 17.9. The first kappa shape index (κ1) is 41.7. The number of H-pyrrole nitrogens is 1. The first-order chi connectivity index (χ1) is 23.7. The molecule has 0 bridgehead atoms. The summed E-state index contributed by atoms with van der Waals surface area (Å²) >= 11 is 3.20. The predicted molar refractivity (Wildman–Crippen MR) is 193 cm³/mol. The number of carbonyl (C=O) groups excluding carboxylic acids is 4. The lowest BCUT2D eigenvalue weighted by Gasteiger charge is -2.20. The summed E-state index contributed by atoms with van der Waals surface area (Å²) in [6.45, 7) is 4.37. The number of ketones is 2. The molecule has 13 heteroatoms. The number of Topliss-reactive ketones (excluding diaryl/α,β-unsaturated/α-hetero) is 2. The molecule has 2 saturated carbocycles. The summed E-state index contributed by atoms with van der Waals surface area (Å²) in [7, 11) is 0. The fourth-order valence-electron chi connectivity index (χ4n) is 5.93. The Bertz CT molecular complexity index is 1350. The summed E-state index contributed by atoms with van der Waals surface area (Å²) in [4.78, 5) is 79.6. The molecule has 2 atom stereocenters. The number of carbonyl (C=O) groups is 4. The van der Waals surface area contributed by atoms with Crippen molar-refractivity contribution in [2.75, 3.05) is 5.33 Å². The molecule has 0 aliphatic heterocycles. The molecule has 2 aromatic rings. The van der Waals surface area contributed by atoms with E-state index in [4.69, 9.17) is 0 Å². The molecule has 4 rings (SSSR count). The summed E-state index contributed by atoms with van der Waals surface area (Å²) in [5.41, 5.74) is -0.442. The molecular formula is C36H55BrN6O6. The van der Waals surface area contributed by atoms with Crippen LogP contribution in [0.15, 0.2) is 46.8 Å². The van der Waals surface area contributed by atoms with Crippen LogP contribution in [0, 0.1) is 11.8 Å². The van der Waals surface area contributed by atoms with Crippen LogP contribution in [0.25, 0.3) is 0 Å². The number of nitrogens with zero attached hydrogens (tertiary/aromatic N) is 3. The highest BCUT2D eigenvalue weighted by atomic mass is 79.9. The molecule has 0 radical (unpaired) electrons. The van der Waals surface area contributed by atoms with Crippen LogP contribution in [-0.4, -0.2) is 60.3 Å². The smallest absolute Gasteiger partial charge is 0.272 e. The van der Waals surface area contributed by atoms with E-state index in [1.165, 1.54) is 31.0 Å². The zero-order chi connectivity index (χ0) is 35.9. The van der Waals surface area contributed by atoms with E-state index in [9.17, 15) is 28.8 Å². The minimum atomic E-state index is -0.455. The monoisotopic (exact) mass is 746 g/mol. The summed E-state index contributed by atoms with van der Waals surface area (Å²) in [6, 6.07) is 1.95. The van der Waals surface area contributed by atoms with E-state index >= 15 is 0 Å². The van der Waals surface area contributed by atoms with Crippen LogP contribution in [-0.2, 0) is 25.7 Å². The van der Waals surface area contributed by atoms with Crippen LogP contribution < -0.4 is 21.8 Å². The maximum Gasteiger partial charge on any atom is 0.272 e. The molecular weight excluding hydrogens is 692 g/mol. The zero-order valence-electron chi connectivity index (χ0n) is 29.2. The number of aromatic nitrogens is 4. The second-order valence-electron chi connectivity index (χ2n) is 12.8. The Morgan fingerprint density at radius 1 is 0.837 bits per heavy atom. The quantitative estimate of drug-likeness (QED) is 0.149. The van der Waals surface area contributed by atoms with Crippen molar-refractivity contribution >= 4 is 39.3 Å². The lowest BCUT2D eigenvalue weighted by molar-refractivity contribution is -0.130. The van der Waals surface area contributed by atoms with Crippen LogP contribution >= 0.6 is 15.9 Å². The van der Waals surface area contributed by atoms with Crippen molar-refractivity contribution in [3.05, 3.63) is 57.9 Å². The first-order valence-corrected chi connectivity index (χ1v) is 19.0. The minimum Gasteiger partial charge on any atom is -0.346 e. The Morgan fingerprint density at radius 3 is 1.76 bits per heavy atom. The van der Waals surface area contributed by atoms with Crippen molar-refractivity contribution in [3.8, 4) is 0 Å². The van der Waals surface area contributed by atoms with Crippen LogP contribution in [0.3, 0.4) is 0 Å². The van der Waals surface area contributed by atoms with Crippen LogP contribution in [0.1, 0.15) is 117 Å². The second kappa shape index (κ2) is 24.6. The van der Waals surface area contributed by atoms with Gasteiger partial charge in [0, 0.05) is 36.4 Å². The summed E-state index contributed by atoms with van der Waals surface area (Å²) in [6.07, 6.45) is 21.7. The topological polar surface area (TPSA) is 173 Å². The van der Waals surface area contributed by atoms with Crippen molar-refractivity contribution in [1.82, 2.24) is 30.2 Å². The summed E-state index contributed by atoms with van der Waals surface area (Å²) < 4.78 is 1.58. The largest absolute Gasteiger partial charge is 0.346 e. The van der Waals surface area contributed by atoms with Crippen molar-refractivity contribution in [2.24, 2.45) is 11.8 Å². The van der Waals surface area contributed by atoms with Crippen LogP contribution in [0.2, 0.25) is 0 Å². The average Bonchev–Trinajstić information content (AvgIpc) is 3.85. The number of aromatic amines is 1. The van der Waals surface area contributed by atoms with Gasteiger partial charge in [-0.2, -0.15) is 4.98 Å². The van der Waals surface area contributed by atoms with Crippen molar-refractivity contribution < 1.29 is 19.2 Å². The minimum absolute atomic E-state index is 0.0142. The number of hydrogen-bond acceptors (Lipinski definition) is 8. The van der Waals surface area contributed by atoms with Gasteiger partial charge in [-0.15, -0.1) is 0 Å². The fraction of sp³-hybridized carbons (Fsp3) is 0.667. The highest BCUT2D eigenvalue weighted by Crippen LogP contribution is 2.26. The predicted octanol–water partition coefficient (Wildman–Crippen LogP) is 5.04. The number of halogens is 1. The molecule has 2 aliphatic carbocycles. The number of alkyl halides is 1. The molecule has 2 aliphatic rings. The summed E-state index contributed by atoms with van der Waals surface area (Å²) in [5, 5.41) is 6.24. The van der Waals surface area contributed by atoms with Gasteiger partial charge in [-0.25, -0.2) is 4.98 Å². The van der Waals surface area contributed by atoms with Gasteiger partial charge in [-0.05, 0) is 38.5 Å². The Morgan fingerprint density at radius 2 is 1.37 bits per heavy atom.